The number of carbonyl (C=O) groups excluding carboxylic acids is 1. The van der Waals surface area contributed by atoms with E-state index in [1.807, 2.05) is 0 Å². The number of ether oxygens (including phenoxy) is 1. The van der Waals surface area contributed by atoms with Gasteiger partial charge in [0, 0.05) is 6.92 Å². The molecule has 0 unspecified atom stereocenters. The van der Waals surface area contributed by atoms with Gasteiger partial charge in [-0.2, -0.15) is 0 Å². The first-order valence-corrected chi connectivity index (χ1v) is 8.55. The van der Waals surface area contributed by atoms with E-state index in [-0.39, 0.29) is 5.97 Å². The van der Waals surface area contributed by atoms with E-state index in [0.717, 1.165) is 6.42 Å². The zero-order valence-electron chi connectivity index (χ0n) is 13.7. The molecule has 0 bridgehead atoms. The van der Waals surface area contributed by atoms with Gasteiger partial charge in [-0.1, -0.05) is 64.0 Å². The second-order valence-corrected chi connectivity index (χ2v) is 5.57. The Kier molecular flexibility index (Phi) is 15.6. The zero-order chi connectivity index (χ0) is 14.9. The van der Waals surface area contributed by atoms with Crippen LogP contribution < -0.4 is 0 Å². The van der Waals surface area contributed by atoms with Gasteiger partial charge < -0.3 is 4.74 Å². The van der Waals surface area contributed by atoms with E-state index in [0.29, 0.717) is 6.61 Å². The van der Waals surface area contributed by atoms with Crippen LogP contribution in [0.15, 0.2) is 12.2 Å². The van der Waals surface area contributed by atoms with E-state index in [1.165, 1.54) is 77.6 Å². The first-order valence-electron chi connectivity index (χ1n) is 8.55. The van der Waals surface area contributed by atoms with Gasteiger partial charge in [-0.05, 0) is 32.1 Å². The van der Waals surface area contributed by atoms with Crippen molar-refractivity contribution in [3.05, 3.63) is 12.2 Å². The van der Waals surface area contributed by atoms with Crippen LogP contribution in [-0.4, -0.2) is 12.6 Å². The van der Waals surface area contributed by atoms with E-state index in [2.05, 4.69) is 19.1 Å². The van der Waals surface area contributed by atoms with Gasteiger partial charge in [0.2, 0.25) is 0 Å². The van der Waals surface area contributed by atoms with Crippen LogP contribution in [0.4, 0.5) is 0 Å². The van der Waals surface area contributed by atoms with Gasteiger partial charge in [0.1, 0.15) is 0 Å². The lowest BCUT2D eigenvalue weighted by molar-refractivity contribution is -0.141. The minimum atomic E-state index is -0.159. The topological polar surface area (TPSA) is 26.3 Å². The Labute approximate surface area is 126 Å². The van der Waals surface area contributed by atoms with E-state index in [1.54, 1.807) is 0 Å². The summed E-state index contributed by atoms with van der Waals surface area (Å²) in [5.74, 6) is -0.159. The molecule has 0 fully saturated rings. The maximum Gasteiger partial charge on any atom is 0.302 e. The van der Waals surface area contributed by atoms with Gasteiger partial charge in [-0.25, -0.2) is 0 Å². The van der Waals surface area contributed by atoms with Gasteiger partial charge in [-0.15, -0.1) is 0 Å². The molecule has 0 heterocycles. The molecule has 0 atom stereocenters. The molecule has 0 saturated heterocycles. The van der Waals surface area contributed by atoms with Crippen molar-refractivity contribution in [3.8, 4) is 0 Å². The summed E-state index contributed by atoms with van der Waals surface area (Å²) in [4.78, 5) is 10.5. The molecule has 0 aliphatic carbocycles. The minimum absolute atomic E-state index is 0.159. The molecule has 2 nitrogen and oxygen atoms in total. The van der Waals surface area contributed by atoms with Crippen LogP contribution in [0.2, 0.25) is 0 Å². The molecule has 0 aromatic heterocycles. The number of esters is 1. The molecule has 0 saturated carbocycles. The standard InChI is InChI=1S/C18H34O2/c1-3-4-5-6-7-8-9-10-11-12-13-14-15-16-17-20-18(2)19/h7-8H,3-6,9-17H2,1-2H3. The Morgan fingerprint density at radius 1 is 0.800 bits per heavy atom. The molecule has 0 spiro atoms. The van der Waals surface area contributed by atoms with Gasteiger partial charge in [-0.3, -0.25) is 4.79 Å². The maximum atomic E-state index is 10.5. The van der Waals surface area contributed by atoms with E-state index >= 15 is 0 Å². The fourth-order valence-corrected chi connectivity index (χ4v) is 2.21. The average Bonchev–Trinajstić information content (AvgIpc) is 2.43. The normalized spacial score (nSPS) is 11.1. The summed E-state index contributed by atoms with van der Waals surface area (Å²) in [6.45, 7) is 4.32. The highest BCUT2D eigenvalue weighted by Gasteiger charge is 1.94. The second-order valence-electron chi connectivity index (χ2n) is 5.57. The van der Waals surface area contributed by atoms with Crippen LogP contribution in [-0.2, 0) is 9.53 Å². The molecule has 0 aromatic rings. The number of unbranched alkanes of at least 4 members (excludes halogenated alkanes) is 10. The predicted molar refractivity (Wildman–Crippen MR) is 86.9 cm³/mol. The SMILES string of the molecule is CCCCCC=CCCCCCCCCCOC(C)=O. The molecule has 0 radical (unpaired) electrons. The molecule has 0 aliphatic heterocycles. The highest BCUT2D eigenvalue weighted by Crippen LogP contribution is 2.09. The first-order chi connectivity index (χ1) is 9.77. The number of hydrogen-bond acceptors (Lipinski definition) is 2. The highest BCUT2D eigenvalue weighted by atomic mass is 16.5. The molecule has 0 aliphatic rings. The monoisotopic (exact) mass is 282 g/mol. The summed E-state index contributed by atoms with van der Waals surface area (Å²) in [5.41, 5.74) is 0. The van der Waals surface area contributed by atoms with Crippen molar-refractivity contribution in [1.29, 1.82) is 0 Å². The lowest BCUT2D eigenvalue weighted by Crippen LogP contribution is -1.99. The van der Waals surface area contributed by atoms with Crippen molar-refractivity contribution in [3.63, 3.8) is 0 Å². The predicted octanol–water partition coefficient (Wildman–Crippen LogP) is 5.81. The fraction of sp³-hybridized carbons (Fsp3) is 0.833. The second kappa shape index (κ2) is 16.3. The molecule has 0 N–H and O–H groups in total. The van der Waals surface area contributed by atoms with Crippen LogP contribution in [0.3, 0.4) is 0 Å². The number of carbonyl (C=O) groups is 1. The highest BCUT2D eigenvalue weighted by molar-refractivity contribution is 5.65. The van der Waals surface area contributed by atoms with Crippen LogP contribution in [0.1, 0.15) is 90.9 Å². The molecular formula is C18H34O2. The third-order valence-electron chi connectivity index (χ3n) is 3.46. The quantitative estimate of drug-likeness (QED) is 0.228. The third kappa shape index (κ3) is 17.2. The van der Waals surface area contributed by atoms with Crippen LogP contribution in [0, 0.1) is 0 Å². The number of allylic oxidation sites excluding steroid dienone is 2. The fourth-order valence-electron chi connectivity index (χ4n) is 2.21. The summed E-state index contributed by atoms with van der Waals surface area (Å²) < 4.78 is 4.90. The van der Waals surface area contributed by atoms with Gasteiger partial charge in [0.05, 0.1) is 6.61 Å². The summed E-state index contributed by atoms with van der Waals surface area (Å²) in [6, 6.07) is 0. The van der Waals surface area contributed by atoms with Gasteiger partial charge in [0.25, 0.3) is 0 Å². The van der Waals surface area contributed by atoms with E-state index in [4.69, 9.17) is 4.74 Å². The van der Waals surface area contributed by atoms with Crippen molar-refractivity contribution in [2.45, 2.75) is 90.9 Å². The van der Waals surface area contributed by atoms with Gasteiger partial charge in [0.15, 0.2) is 0 Å². The summed E-state index contributed by atoms with van der Waals surface area (Å²) in [5, 5.41) is 0. The molecule has 0 amide bonds. The summed E-state index contributed by atoms with van der Waals surface area (Å²) in [6.07, 6.45) is 20.1. The third-order valence-corrected chi connectivity index (χ3v) is 3.46. The van der Waals surface area contributed by atoms with Crippen molar-refractivity contribution < 1.29 is 9.53 Å². The lowest BCUT2D eigenvalue weighted by atomic mass is 10.1. The molecule has 20 heavy (non-hydrogen) atoms. The average molecular weight is 282 g/mol. The van der Waals surface area contributed by atoms with Crippen molar-refractivity contribution in [2.24, 2.45) is 0 Å². The van der Waals surface area contributed by atoms with Crippen LogP contribution in [0.5, 0.6) is 0 Å². The molecule has 0 rings (SSSR count). The number of hydrogen-bond donors (Lipinski definition) is 0. The molecule has 0 aromatic carbocycles. The van der Waals surface area contributed by atoms with Crippen molar-refractivity contribution in [2.75, 3.05) is 6.61 Å². The van der Waals surface area contributed by atoms with Crippen molar-refractivity contribution in [1.82, 2.24) is 0 Å². The number of rotatable bonds is 14. The minimum Gasteiger partial charge on any atom is -0.466 e. The lowest BCUT2D eigenvalue weighted by Gasteiger charge is -2.02. The summed E-state index contributed by atoms with van der Waals surface area (Å²) >= 11 is 0. The van der Waals surface area contributed by atoms with Crippen LogP contribution in [0.25, 0.3) is 0 Å². The maximum absolute atomic E-state index is 10.5. The Balaban J connectivity index is 3.04. The zero-order valence-corrected chi connectivity index (χ0v) is 13.7. The van der Waals surface area contributed by atoms with E-state index in [9.17, 15) is 4.79 Å². The Morgan fingerprint density at radius 3 is 1.85 bits per heavy atom. The Morgan fingerprint density at radius 2 is 1.30 bits per heavy atom. The molecule has 2 heteroatoms. The van der Waals surface area contributed by atoms with Crippen molar-refractivity contribution >= 4 is 5.97 Å². The summed E-state index contributed by atoms with van der Waals surface area (Å²) in [7, 11) is 0. The first kappa shape index (κ1) is 19.2. The largest absolute Gasteiger partial charge is 0.466 e. The molecule has 118 valence electrons. The van der Waals surface area contributed by atoms with Crippen LogP contribution >= 0.6 is 0 Å². The Hall–Kier alpha value is -0.790. The van der Waals surface area contributed by atoms with Gasteiger partial charge >= 0.3 is 5.97 Å². The Bertz CT molecular complexity index is 234. The van der Waals surface area contributed by atoms with E-state index < -0.39 is 0 Å². The molecular weight excluding hydrogens is 248 g/mol. The smallest absolute Gasteiger partial charge is 0.302 e.